The molecular formula is C15H17N5S. The maximum atomic E-state index is 6.31. The standard InChI is InChI=1S/C15H17N5S/c1-15(9-5-8-11(15)16)13-19-20-12(17-18-14(20)21-13)10-6-3-2-4-7-10/h2-4,6-7,11H,5,8-9,16H2,1H3. The highest BCUT2D eigenvalue weighted by molar-refractivity contribution is 7.16. The van der Waals surface area contributed by atoms with Crippen LogP contribution in [0.1, 0.15) is 31.2 Å². The molecule has 1 aromatic carbocycles. The minimum atomic E-state index is -0.0284. The minimum absolute atomic E-state index is 0.0284. The quantitative estimate of drug-likeness (QED) is 0.789. The van der Waals surface area contributed by atoms with Gasteiger partial charge in [-0.25, -0.2) is 0 Å². The van der Waals surface area contributed by atoms with Crippen LogP contribution in [0.15, 0.2) is 30.3 Å². The molecule has 2 aromatic heterocycles. The van der Waals surface area contributed by atoms with Crippen molar-refractivity contribution in [3.8, 4) is 11.4 Å². The fourth-order valence-corrected chi connectivity index (χ4v) is 4.15. The first kappa shape index (κ1) is 12.9. The lowest BCUT2D eigenvalue weighted by molar-refractivity contribution is 0.423. The zero-order valence-electron chi connectivity index (χ0n) is 11.9. The van der Waals surface area contributed by atoms with E-state index in [1.54, 1.807) is 11.3 Å². The first-order valence-electron chi connectivity index (χ1n) is 7.22. The molecule has 2 N–H and O–H groups in total. The third-order valence-corrected chi connectivity index (χ3v) is 5.72. The summed E-state index contributed by atoms with van der Waals surface area (Å²) in [4.78, 5) is 0.837. The summed E-state index contributed by atoms with van der Waals surface area (Å²) in [5.41, 5.74) is 7.31. The highest BCUT2D eigenvalue weighted by Gasteiger charge is 2.41. The molecule has 1 aliphatic rings. The molecule has 0 saturated heterocycles. The van der Waals surface area contributed by atoms with Gasteiger partial charge in [-0.3, -0.25) is 0 Å². The average molecular weight is 299 g/mol. The van der Waals surface area contributed by atoms with Gasteiger partial charge in [-0.2, -0.15) is 9.61 Å². The summed E-state index contributed by atoms with van der Waals surface area (Å²) in [5, 5.41) is 14.4. The summed E-state index contributed by atoms with van der Waals surface area (Å²) in [6.07, 6.45) is 3.34. The smallest absolute Gasteiger partial charge is 0.234 e. The normalized spacial score (nSPS) is 25.7. The molecule has 5 nitrogen and oxygen atoms in total. The maximum Gasteiger partial charge on any atom is 0.234 e. The van der Waals surface area contributed by atoms with Crippen LogP contribution in [-0.2, 0) is 5.41 Å². The maximum absolute atomic E-state index is 6.31. The fourth-order valence-electron chi connectivity index (χ4n) is 3.07. The summed E-state index contributed by atoms with van der Waals surface area (Å²) in [5.74, 6) is 0.795. The van der Waals surface area contributed by atoms with Crippen LogP contribution in [0.2, 0.25) is 0 Å². The van der Waals surface area contributed by atoms with Crippen molar-refractivity contribution >= 4 is 16.3 Å². The van der Waals surface area contributed by atoms with Gasteiger partial charge in [0.25, 0.3) is 0 Å². The molecule has 0 amide bonds. The first-order valence-corrected chi connectivity index (χ1v) is 8.04. The van der Waals surface area contributed by atoms with Crippen LogP contribution in [0.3, 0.4) is 0 Å². The van der Waals surface area contributed by atoms with E-state index < -0.39 is 0 Å². The van der Waals surface area contributed by atoms with Gasteiger partial charge in [-0.1, -0.05) is 55.0 Å². The molecule has 2 unspecified atom stereocenters. The second-order valence-electron chi connectivity index (χ2n) is 5.91. The van der Waals surface area contributed by atoms with Crippen LogP contribution < -0.4 is 5.73 Å². The highest BCUT2D eigenvalue weighted by Crippen LogP contribution is 2.41. The van der Waals surface area contributed by atoms with Crippen molar-refractivity contribution in [1.29, 1.82) is 0 Å². The number of nitrogens with two attached hydrogens (primary N) is 1. The number of fused-ring (bicyclic) bond motifs is 1. The van der Waals surface area contributed by atoms with Gasteiger partial charge >= 0.3 is 0 Å². The van der Waals surface area contributed by atoms with Crippen molar-refractivity contribution < 1.29 is 0 Å². The monoisotopic (exact) mass is 299 g/mol. The summed E-state index contributed by atoms with van der Waals surface area (Å²) in [6, 6.07) is 10.2. The Kier molecular flexibility index (Phi) is 2.83. The Balaban J connectivity index is 1.83. The van der Waals surface area contributed by atoms with E-state index in [2.05, 4.69) is 17.1 Å². The minimum Gasteiger partial charge on any atom is -0.327 e. The van der Waals surface area contributed by atoms with Gasteiger partial charge in [-0.05, 0) is 12.8 Å². The van der Waals surface area contributed by atoms with Gasteiger partial charge in [0.2, 0.25) is 4.96 Å². The second kappa shape index (κ2) is 4.61. The molecular weight excluding hydrogens is 282 g/mol. The van der Waals surface area contributed by atoms with Crippen molar-refractivity contribution in [3.63, 3.8) is 0 Å². The van der Waals surface area contributed by atoms with Crippen molar-refractivity contribution in [1.82, 2.24) is 19.8 Å². The molecule has 1 fully saturated rings. The molecule has 4 rings (SSSR count). The van der Waals surface area contributed by atoms with Crippen molar-refractivity contribution in [3.05, 3.63) is 35.3 Å². The Hall–Kier alpha value is -1.79. The molecule has 2 heterocycles. The largest absolute Gasteiger partial charge is 0.327 e. The molecule has 0 spiro atoms. The molecule has 108 valence electrons. The van der Waals surface area contributed by atoms with Crippen molar-refractivity contribution in [2.75, 3.05) is 0 Å². The van der Waals surface area contributed by atoms with Crippen molar-refractivity contribution in [2.24, 2.45) is 5.73 Å². The molecule has 1 aliphatic carbocycles. The Labute approximate surface area is 126 Å². The average Bonchev–Trinajstić information content (AvgIpc) is 3.15. The van der Waals surface area contributed by atoms with E-state index in [1.165, 1.54) is 6.42 Å². The zero-order chi connectivity index (χ0) is 14.4. The van der Waals surface area contributed by atoms with E-state index in [4.69, 9.17) is 10.8 Å². The van der Waals surface area contributed by atoms with Gasteiger partial charge in [0, 0.05) is 17.0 Å². The summed E-state index contributed by atoms with van der Waals surface area (Å²) in [7, 11) is 0. The predicted octanol–water partition coefficient (Wildman–Crippen LogP) is 2.62. The predicted molar refractivity (Wildman–Crippen MR) is 83.3 cm³/mol. The fraction of sp³-hybridized carbons (Fsp3) is 0.400. The van der Waals surface area contributed by atoms with Gasteiger partial charge in [0.05, 0.1) is 0 Å². The van der Waals surface area contributed by atoms with Crippen LogP contribution >= 0.6 is 11.3 Å². The topological polar surface area (TPSA) is 69.1 Å². The molecule has 0 bridgehead atoms. The lowest BCUT2D eigenvalue weighted by Crippen LogP contribution is -2.38. The Morgan fingerprint density at radius 2 is 2.10 bits per heavy atom. The van der Waals surface area contributed by atoms with E-state index in [-0.39, 0.29) is 11.5 Å². The Morgan fingerprint density at radius 1 is 1.29 bits per heavy atom. The van der Waals surface area contributed by atoms with Gasteiger partial charge < -0.3 is 5.73 Å². The van der Waals surface area contributed by atoms with E-state index in [0.717, 1.165) is 34.2 Å². The summed E-state index contributed by atoms with van der Waals surface area (Å²) < 4.78 is 1.85. The number of aromatic nitrogens is 4. The molecule has 6 heteroatoms. The molecule has 2 atom stereocenters. The van der Waals surface area contributed by atoms with E-state index in [0.29, 0.717) is 0 Å². The van der Waals surface area contributed by atoms with Gasteiger partial charge in [0.15, 0.2) is 5.82 Å². The summed E-state index contributed by atoms with van der Waals surface area (Å²) in [6.45, 7) is 2.22. The molecule has 1 saturated carbocycles. The van der Waals surface area contributed by atoms with Gasteiger partial charge in [0.1, 0.15) is 5.01 Å². The third kappa shape index (κ3) is 1.90. The summed E-state index contributed by atoms with van der Waals surface area (Å²) >= 11 is 1.61. The Morgan fingerprint density at radius 3 is 2.81 bits per heavy atom. The van der Waals surface area contributed by atoms with E-state index >= 15 is 0 Å². The van der Waals surface area contributed by atoms with E-state index in [9.17, 15) is 0 Å². The Bertz CT molecular complexity index is 778. The lowest BCUT2D eigenvalue weighted by atomic mass is 9.86. The van der Waals surface area contributed by atoms with Crippen LogP contribution in [0.25, 0.3) is 16.3 Å². The molecule has 3 aromatic rings. The lowest BCUT2D eigenvalue weighted by Gasteiger charge is -2.25. The first-order chi connectivity index (χ1) is 10.2. The van der Waals surface area contributed by atoms with Crippen LogP contribution in [0.4, 0.5) is 0 Å². The molecule has 0 radical (unpaired) electrons. The number of hydrogen-bond acceptors (Lipinski definition) is 5. The zero-order valence-corrected chi connectivity index (χ0v) is 12.7. The third-order valence-electron chi connectivity index (χ3n) is 4.54. The van der Waals surface area contributed by atoms with Crippen molar-refractivity contribution in [2.45, 2.75) is 37.6 Å². The highest BCUT2D eigenvalue weighted by atomic mass is 32.1. The second-order valence-corrected chi connectivity index (χ2v) is 6.86. The SMILES string of the molecule is CC1(c2nn3c(-c4ccccc4)nnc3s2)CCCC1N. The van der Waals surface area contributed by atoms with E-state index in [1.807, 2.05) is 34.8 Å². The van der Waals surface area contributed by atoms with Gasteiger partial charge in [-0.15, -0.1) is 10.2 Å². The number of benzene rings is 1. The number of hydrogen-bond donors (Lipinski definition) is 1. The number of nitrogens with zero attached hydrogens (tertiary/aromatic N) is 4. The number of rotatable bonds is 2. The molecule has 0 aliphatic heterocycles. The molecule has 21 heavy (non-hydrogen) atoms. The van der Waals surface area contributed by atoms with Crippen LogP contribution in [0, 0.1) is 0 Å². The van der Waals surface area contributed by atoms with Crippen LogP contribution in [-0.4, -0.2) is 25.9 Å². The van der Waals surface area contributed by atoms with Crippen LogP contribution in [0.5, 0.6) is 0 Å².